The van der Waals surface area contributed by atoms with Crippen molar-refractivity contribution in [3.05, 3.63) is 121 Å². The summed E-state index contributed by atoms with van der Waals surface area (Å²) < 4.78 is 7.00. The number of fused-ring (bicyclic) bond motifs is 1. The van der Waals surface area contributed by atoms with Crippen molar-refractivity contribution in [2.24, 2.45) is 5.10 Å². The molecule has 5 rings (SSSR count). The molecular formula is C32H24Br2ClN3O3. The first-order valence-electron chi connectivity index (χ1n) is 12.8. The maximum Gasteiger partial charge on any atom is 0.343 e. The summed E-state index contributed by atoms with van der Waals surface area (Å²) in [6, 6.07) is 24.0. The summed E-state index contributed by atoms with van der Waals surface area (Å²) in [5.41, 5.74) is 8.28. The van der Waals surface area contributed by atoms with Crippen LogP contribution in [0.1, 0.15) is 44.5 Å². The third-order valence-electron chi connectivity index (χ3n) is 6.56. The SMILES string of the molecule is CCc1cccc2c(-c3ccccc3Cl)c(C(=O)NN=Cc3cc(Br)cc(Br)c3OC(=O)c3ccc(C)cc3)[nH]c12. The predicted octanol–water partition coefficient (Wildman–Crippen LogP) is 8.87. The van der Waals surface area contributed by atoms with Crippen LogP contribution in [0.15, 0.2) is 92.9 Å². The smallest absolute Gasteiger partial charge is 0.343 e. The van der Waals surface area contributed by atoms with Gasteiger partial charge in [-0.1, -0.05) is 88.5 Å². The largest absolute Gasteiger partial charge is 0.421 e. The van der Waals surface area contributed by atoms with Gasteiger partial charge in [-0.3, -0.25) is 4.79 Å². The Hall–Kier alpha value is -3.72. The minimum absolute atomic E-state index is 0.270. The number of nitrogens with zero attached hydrogens (tertiary/aromatic N) is 1. The van der Waals surface area contributed by atoms with Crippen LogP contribution in [0.2, 0.25) is 5.02 Å². The van der Waals surface area contributed by atoms with E-state index in [1.807, 2.05) is 55.5 Å². The zero-order valence-corrected chi connectivity index (χ0v) is 26.0. The summed E-state index contributed by atoms with van der Waals surface area (Å²) in [6.45, 7) is 4.01. The highest BCUT2D eigenvalue weighted by Gasteiger charge is 2.22. The van der Waals surface area contributed by atoms with E-state index < -0.39 is 11.9 Å². The molecule has 0 atom stereocenters. The van der Waals surface area contributed by atoms with Crippen molar-refractivity contribution in [3.8, 4) is 16.9 Å². The highest BCUT2D eigenvalue weighted by molar-refractivity contribution is 9.11. The van der Waals surface area contributed by atoms with Gasteiger partial charge in [0.15, 0.2) is 5.75 Å². The van der Waals surface area contributed by atoms with Crippen molar-refractivity contribution in [3.63, 3.8) is 0 Å². The van der Waals surface area contributed by atoms with Crippen molar-refractivity contribution in [2.45, 2.75) is 20.3 Å². The van der Waals surface area contributed by atoms with Gasteiger partial charge in [-0.15, -0.1) is 0 Å². The molecule has 1 aromatic heterocycles. The van der Waals surface area contributed by atoms with Crippen molar-refractivity contribution < 1.29 is 14.3 Å². The molecule has 5 aromatic rings. The van der Waals surface area contributed by atoms with E-state index in [1.165, 1.54) is 6.21 Å². The Morgan fingerprint density at radius 3 is 2.51 bits per heavy atom. The van der Waals surface area contributed by atoms with Gasteiger partial charge < -0.3 is 9.72 Å². The van der Waals surface area contributed by atoms with Gasteiger partial charge in [0.1, 0.15) is 5.69 Å². The second kappa shape index (κ2) is 12.4. The molecule has 9 heteroatoms. The molecule has 0 spiro atoms. The molecule has 41 heavy (non-hydrogen) atoms. The standard InChI is InChI=1S/C32H24Br2ClN3O3/c1-3-19-7-6-9-24-27(23-8-4-5-10-26(23)35)29(37-28(19)24)31(39)38-36-17-21-15-22(33)16-25(34)30(21)41-32(40)20-13-11-18(2)12-14-20/h4-17,37H,3H2,1-2H3,(H,38,39). The fourth-order valence-corrected chi connectivity index (χ4v) is 6.10. The summed E-state index contributed by atoms with van der Waals surface area (Å²) in [5.74, 6) is -0.686. The van der Waals surface area contributed by atoms with Crippen LogP contribution in [-0.2, 0) is 6.42 Å². The van der Waals surface area contributed by atoms with Gasteiger partial charge in [0.2, 0.25) is 0 Å². The molecular weight excluding hydrogens is 670 g/mol. The molecule has 206 valence electrons. The monoisotopic (exact) mass is 691 g/mol. The molecule has 0 saturated heterocycles. The van der Waals surface area contributed by atoms with E-state index in [-0.39, 0.29) is 5.75 Å². The Bertz CT molecular complexity index is 1810. The van der Waals surface area contributed by atoms with E-state index in [2.05, 4.69) is 54.3 Å². The number of H-pyrrole nitrogens is 1. The zero-order valence-electron chi connectivity index (χ0n) is 22.1. The van der Waals surface area contributed by atoms with Gasteiger partial charge in [-0.05, 0) is 65.2 Å². The lowest BCUT2D eigenvalue weighted by atomic mass is 9.99. The van der Waals surface area contributed by atoms with Crippen molar-refractivity contribution in [1.82, 2.24) is 10.4 Å². The first-order chi connectivity index (χ1) is 19.8. The van der Waals surface area contributed by atoms with Crippen LogP contribution in [0, 0.1) is 6.92 Å². The summed E-state index contributed by atoms with van der Waals surface area (Å²) in [4.78, 5) is 29.7. The summed E-state index contributed by atoms with van der Waals surface area (Å²) in [7, 11) is 0. The molecule has 1 amide bonds. The molecule has 0 aliphatic heterocycles. The number of benzene rings is 4. The molecule has 0 unspecified atom stereocenters. The first kappa shape index (κ1) is 28.8. The molecule has 0 radical (unpaired) electrons. The molecule has 6 nitrogen and oxygen atoms in total. The molecule has 0 aliphatic rings. The van der Waals surface area contributed by atoms with Crippen LogP contribution >= 0.6 is 43.5 Å². The van der Waals surface area contributed by atoms with Gasteiger partial charge in [0.25, 0.3) is 5.91 Å². The lowest BCUT2D eigenvalue weighted by molar-refractivity contribution is 0.0733. The Morgan fingerprint density at radius 1 is 1.02 bits per heavy atom. The number of rotatable bonds is 7. The van der Waals surface area contributed by atoms with Crippen molar-refractivity contribution >= 4 is 72.5 Å². The number of hydrogen-bond donors (Lipinski definition) is 2. The number of hydrogen-bond acceptors (Lipinski definition) is 4. The highest BCUT2D eigenvalue weighted by Crippen LogP contribution is 2.38. The number of amides is 1. The number of carbonyl (C=O) groups is 2. The van der Waals surface area contributed by atoms with Crippen molar-refractivity contribution in [2.75, 3.05) is 0 Å². The second-order valence-corrected chi connectivity index (χ2v) is 11.5. The van der Waals surface area contributed by atoms with Gasteiger partial charge in [0, 0.05) is 37.1 Å². The van der Waals surface area contributed by atoms with E-state index in [4.69, 9.17) is 16.3 Å². The molecule has 0 aliphatic carbocycles. The number of esters is 1. The van der Waals surface area contributed by atoms with Crippen molar-refractivity contribution in [1.29, 1.82) is 0 Å². The third-order valence-corrected chi connectivity index (χ3v) is 7.94. The van der Waals surface area contributed by atoms with Crippen LogP contribution < -0.4 is 10.2 Å². The van der Waals surface area contributed by atoms with Gasteiger partial charge in [0.05, 0.1) is 16.3 Å². The fraction of sp³-hybridized carbons (Fsp3) is 0.0938. The average Bonchev–Trinajstić information content (AvgIpc) is 3.35. The average molecular weight is 694 g/mol. The number of hydrazone groups is 1. The van der Waals surface area contributed by atoms with E-state index in [0.29, 0.717) is 31.9 Å². The number of para-hydroxylation sites is 1. The zero-order chi connectivity index (χ0) is 29.1. The Balaban J connectivity index is 1.47. The van der Waals surface area contributed by atoms with Gasteiger partial charge in [-0.25, -0.2) is 10.2 Å². The number of aromatic nitrogens is 1. The summed E-state index contributed by atoms with van der Waals surface area (Å²) in [5, 5.41) is 5.64. The van der Waals surface area contributed by atoms with Crippen LogP contribution in [0.3, 0.4) is 0 Å². The normalized spacial score (nSPS) is 11.2. The van der Waals surface area contributed by atoms with Crippen LogP contribution in [0.25, 0.3) is 22.0 Å². The number of aromatic amines is 1. The number of carbonyl (C=O) groups excluding carboxylic acids is 2. The maximum absolute atomic E-state index is 13.5. The fourth-order valence-electron chi connectivity index (χ4n) is 4.53. The Labute approximate surface area is 259 Å². The lowest BCUT2D eigenvalue weighted by Crippen LogP contribution is -2.19. The number of halogens is 3. The first-order valence-corrected chi connectivity index (χ1v) is 14.7. The van der Waals surface area contributed by atoms with E-state index >= 15 is 0 Å². The highest BCUT2D eigenvalue weighted by atomic mass is 79.9. The Morgan fingerprint density at radius 2 is 1.78 bits per heavy atom. The summed E-state index contributed by atoms with van der Waals surface area (Å²) in [6.07, 6.45) is 2.22. The molecule has 0 saturated carbocycles. The minimum atomic E-state index is -0.513. The van der Waals surface area contributed by atoms with Crippen LogP contribution in [0.5, 0.6) is 5.75 Å². The predicted molar refractivity (Wildman–Crippen MR) is 171 cm³/mol. The lowest BCUT2D eigenvalue weighted by Gasteiger charge is -2.11. The summed E-state index contributed by atoms with van der Waals surface area (Å²) >= 11 is 13.5. The second-order valence-electron chi connectivity index (χ2n) is 9.31. The third kappa shape index (κ3) is 6.15. The number of nitrogens with one attached hydrogen (secondary N) is 2. The van der Waals surface area contributed by atoms with Crippen LogP contribution in [0.4, 0.5) is 0 Å². The quantitative estimate of drug-likeness (QED) is 0.0774. The molecule has 0 fully saturated rings. The molecule has 1 heterocycles. The number of aryl methyl sites for hydroxylation is 2. The maximum atomic E-state index is 13.5. The number of ether oxygens (including phenoxy) is 1. The van der Waals surface area contributed by atoms with E-state index in [1.54, 1.807) is 30.3 Å². The Kier molecular flexibility index (Phi) is 8.73. The molecule has 2 N–H and O–H groups in total. The molecule has 4 aromatic carbocycles. The topological polar surface area (TPSA) is 83.5 Å². The molecule has 0 bridgehead atoms. The van der Waals surface area contributed by atoms with Gasteiger partial charge in [-0.2, -0.15) is 5.10 Å². The minimum Gasteiger partial charge on any atom is -0.421 e. The van der Waals surface area contributed by atoms with E-state index in [9.17, 15) is 9.59 Å². The van der Waals surface area contributed by atoms with Crippen LogP contribution in [-0.4, -0.2) is 23.1 Å². The van der Waals surface area contributed by atoms with Gasteiger partial charge >= 0.3 is 5.97 Å². The van der Waals surface area contributed by atoms with E-state index in [0.717, 1.165) is 38.5 Å².